The van der Waals surface area contributed by atoms with Crippen LogP contribution in [0.4, 0.5) is 0 Å². The van der Waals surface area contributed by atoms with Crippen LogP contribution in [0.2, 0.25) is 0 Å². The maximum atomic E-state index is 12.9. The molecule has 0 spiro atoms. The zero-order valence-corrected chi connectivity index (χ0v) is 36.4. The summed E-state index contributed by atoms with van der Waals surface area (Å²) in [5, 5.41) is 10.3. The lowest BCUT2D eigenvalue weighted by Gasteiger charge is -2.73. The van der Waals surface area contributed by atoms with Crippen molar-refractivity contribution in [2.24, 2.45) is 51.2 Å². The van der Waals surface area contributed by atoms with Gasteiger partial charge in [-0.2, -0.15) is 0 Å². The average Bonchev–Trinajstić information content (AvgIpc) is 3.81. The summed E-state index contributed by atoms with van der Waals surface area (Å²) in [6.07, 6.45) is 15.9. The van der Waals surface area contributed by atoms with Gasteiger partial charge in [0.05, 0.1) is 35.8 Å². The fraction of sp³-hybridized carbons (Fsp3) is 0.729. The predicted molar refractivity (Wildman–Crippen MR) is 226 cm³/mol. The van der Waals surface area contributed by atoms with E-state index in [1.54, 1.807) is 0 Å². The Kier molecular flexibility index (Phi) is 9.87. The second kappa shape index (κ2) is 13.6. The Balaban J connectivity index is 1.09. The third-order valence-electron chi connectivity index (χ3n) is 18.8. The van der Waals surface area contributed by atoms with Gasteiger partial charge in [-0.1, -0.05) is 71.1 Å². The molecule has 2 bridgehead atoms. The number of aliphatic hydroxyl groups excluding tert-OH is 1. The summed E-state index contributed by atoms with van der Waals surface area (Å²) in [5.74, 6) is 2.67. The number of hydrogen-bond donors (Lipinski definition) is 1. The highest BCUT2D eigenvalue weighted by Gasteiger charge is 2.71. The Labute approximate surface area is 338 Å². The van der Waals surface area contributed by atoms with Crippen molar-refractivity contribution >= 4 is 21.4 Å². The molecule has 2 aliphatic heterocycles. The van der Waals surface area contributed by atoms with Crippen LogP contribution in [0.5, 0.6) is 0 Å². The van der Waals surface area contributed by atoms with E-state index in [2.05, 4.69) is 82.7 Å². The molecule has 5 aliphatic carbocycles. The van der Waals surface area contributed by atoms with E-state index in [1.165, 1.54) is 55.9 Å². The molecule has 4 saturated carbocycles. The van der Waals surface area contributed by atoms with Gasteiger partial charge in [0.1, 0.15) is 0 Å². The summed E-state index contributed by atoms with van der Waals surface area (Å²) in [5.41, 5.74) is 4.75. The molecule has 7 aliphatic rings. The SMILES string of the molecule is C=CC12C[C@@H](CN1CCN(CCO)[C@]13CC[C@@H](C(=C)C)C1[C@H]1CCC4[C@@]5(C)CC=C(c6ccc(C(=O)OC)cc6)C(C)(C)C5CC[C@@]4(C)[C@]1(C)CC3)S(=O)(=O)C2. The molecule has 7 nitrogen and oxygen atoms in total. The topological polar surface area (TPSA) is 87.2 Å². The molecule has 0 aromatic heterocycles. The quantitative estimate of drug-likeness (QED) is 0.188. The summed E-state index contributed by atoms with van der Waals surface area (Å²) in [4.78, 5) is 17.3. The lowest BCUT2D eigenvalue weighted by molar-refractivity contribution is -0.228. The molecule has 8 rings (SSSR count). The molecule has 56 heavy (non-hydrogen) atoms. The highest BCUT2D eigenvalue weighted by atomic mass is 32.2. The third-order valence-corrected chi connectivity index (χ3v) is 21.1. The van der Waals surface area contributed by atoms with Crippen LogP contribution >= 0.6 is 0 Å². The molecule has 0 radical (unpaired) electrons. The number of likely N-dealkylation sites (tertiary alicyclic amines) is 1. The van der Waals surface area contributed by atoms with E-state index in [1.807, 2.05) is 18.2 Å². The predicted octanol–water partition coefficient (Wildman–Crippen LogP) is 8.60. The summed E-state index contributed by atoms with van der Waals surface area (Å²) in [6, 6.07) is 8.07. The number of rotatable bonds is 10. The van der Waals surface area contributed by atoms with Crippen LogP contribution in [0.25, 0.3) is 5.57 Å². The highest BCUT2D eigenvalue weighted by Crippen LogP contribution is 2.77. The van der Waals surface area contributed by atoms with Crippen molar-refractivity contribution in [3.63, 3.8) is 0 Å². The molecular weight excluding hydrogens is 717 g/mol. The minimum Gasteiger partial charge on any atom is -0.465 e. The molecule has 1 aromatic carbocycles. The van der Waals surface area contributed by atoms with Crippen LogP contribution in [0.1, 0.15) is 122 Å². The number of ether oxygens (including phenoxy) is 1. The van der Waals surface area contributed by atoms with Gasteiger partial charge in [-0.25, -0.2) is 13.2 Å². The molecule has 8 heteroatoms. The van der Waals surface area contributed by atoms with Crippen molar-refractivity contribution in [3.8, 4) is 0 Å². The Bertz CT molecular complexity index is 1900. The van der Waals surface area contributed by atoms with Crippen LogP contribution in [-0.2, 0) is 14.6 Å². The normalized spacial score (nSPS) is 43.3. The molecule has 2 saturated heterocycles. The number of sulfone groups is 1. The van der Waals surface area contributed by atoms with E-state index in [-0.39, 0.29) is 50.8 Å². The lowest BCUT2D eigenvalue weighted by Crippen LogP contribution is -2.68. The van der Waals surface area contributed by atoms with Crippen molar-refractivity contribution in [3.05, 3.63) is 66.3 Å². The zero-order valence-electron chi connectivity index (χ0n) is 35.5. The number of benzene rings is 1. The minimum atomic E-state index is -3.06. The number of nitrogens with zero attached hydrogens (tertiary/aromatic N) is 2. The molecule has 1 N–H and O–H groups in total. The summed E-state index contributed by atoms with van der Waals surface area (Å²) in [6.45, 7) is 27.1. The molecule has 1 aromatic rings. The fourth-order valence-electron chi connectivity index (χ4n) is 16.0. The number of allylic oxidation sites excluding steroid dienone is 3. The first-order valence-corrected chi connectivity index (χ1v) is 23.6. The van der Waals surface area contributed by atoms with E-state index < -0.39 is 15.4 Å². The number of aliphatic hydroxyl groups is 1. The number of methoxy groups -OCH3 is 1. The molecule has 308 valence electrons. The fourth-order valence-corrected chi connectivity index (χ4v) is 18.3. The van der Waals surface area contributed by atoms with Crippen LogP contribution in [0.15, 0.2) is 55.1 Å². The van der Waals surface area contributed by atoms with Crippen LogP contribution in [0, 0.1) is 51.2 Å². The largest absolute Gasteiger partial charge is 0.465 e. The smallest absolute Gasteiger partial charge is 0.337 e. The number of hydrogen-bond acceptors (Lipinski definition) is 7. The average molecular weight is 787 g/mol. The van der Waals surface area contributed by atoms with Gasteiger partial charge in [0, 0.05) is 31.7 Å². The van der Waals surface area contributed by atoms with Crippen molar-refractivity contribution in [1.82, 2.24) is 9.80 Å². The maximum Gasteiger partial charge on any atom is 0.337 e. The Morgan fingerprint density at radius 2 is 1.71 bits per heavy atom. The second-order valence-corrected chi connectivity index (χ2v) is 23.3. The van der Waals surface area contributed by atoms with Crippen LogP contribution in [-0.4, -0.2) is 91.3 Å². The number of carbonyl (C=O) groups is 1. The van der Waals surface area contributed by atoms with Crippen molar-refractivity contribution in [1.29, 1.82) is 0 Å². The van der Waals surface area contributed by atoms with E-state index in [0.717, 1.165) is 38.8 Å². The van der Waals surface area contributed by atoms with Crippen molar-refractivity contribution in [2.45, 2.75) is 122 Å². The first-order valence-electron chi connectivity index (χ1n) is 21.9. The van der Waals surface area contributed by atoms with E-state index in [9.17, 15) is 18.3 Å². The van der Waals surface area contributed by atoms with Gasteiger partial charge in [-0.3, -0.25) is 9.80 Å². The third kappa shape index (κ3) is 5.56. The van der Waals surface area contributed by atoms with Crippen molar-refractivity contribution < 1.29 is 23.1 Å². The molecule has 0 amide bonds. The first-order chi connectivity index (χ1) is 26.4. The van der Waals surface area contributed by atoms with Gasteiger partial charge in [-0.05, 0) is 146 Å². The van der Waals surface area contributed by atoms with Gasteiger partial charge < -0.3 is 9.84 Å². The molecule has 6 fully saturated rings. The summed E-state index contributed by atoms with van der Waals surface area (Å²) >= 11 is 0. The molecule has 11 atom stereocenters. The first kappa shape index (κ1) is 40.5. The zero-order chi connectivity index (χ0) is 40.3. The summed E-state index contributed by atoms with van der Waals surface area (Å²) in [7, 11) is -1.62. The Morgan fingerprint density at radius 3 is 2.36 bits per heavy atom. The monoisotopic (exact) mass is 787 g/mol. The molecular formula is C48H70N2O5S. The number of carbonyl (C=O) groups excluding carboxylic acids is 1. The number of fused-ring (bicyclic) bond motifs is 9. The van der Waals surface area contributed by atoms with E-state index in [0.29, 0.717) is 54.7 Å². The second-order valence-electron chi connectivity index (χ2n) is 21.0. The number of esters is 1. The van der Waals surface area contributed by atoms with Gasteiger partial charge in [0.15, 0.2) is 9.84 Å². The molecule has 4 unspecified atom stereocenters. The van der Waals surface area contributed by atoms with Crippen molar-refractivity contribution in [2.75, 3.05) is 45.6 Å². The van der Waals surface area contributed by atoms with Gasteiger partial charge in [0.2, 0.25) is 0 Å². The van der Waals surface area contributed by atoms with Crippen LogP contribution in [0.3, 0.4) is 0 Å². The lowest BCUT2D eigenvalue weighted by atomic mass is 9.33. The van der Waals surface area contributed by atoms with Gasteiger partial charge >= 0.3 is 5.97 Å². The Morgan fingerprint density at radius 1 is 0.982 bits per heavy atom. The van der Waals surface area contributed by atoms with E-state index >= 15 is 0 Å². The van der Waals surface area contributed by atoms with E-state index in [4.69, 9.17) is 4.74 Å². The van der Waals surface area contributed by atoms with Gasteiger partial charge in [-0.15, -0.1) is 6.58 Å². The number of β-amino-alcohol motifs (C(OH)–C–C–N with tert-alkyl or cyclic N) is 1. The summed E-state index contributed by atoms with van der Waals surface area (Å²) < 4.78 is 30.7. The standard InChI is InChI=1S/C48H70N2O5S/c1-10-47-29-35(56(53,54)31-47)30-50(47)26-25-49(27-28-51)48-22-17-36(32(2)3)41(48)38-15-16-40-44(6)20-18-37(33-11-13-34(14-12-33)42(52)55-9)43(4,5)39(44)19-21-46(40,8)45(38,7)23-24-48/h10-14,18,35-36,38-41,51H,1-2,15-17,19-31H2,3-9H3/t35-,36-,38+,39?,40?,41?,44-,45+,46+,47?,48-/m0/s1. The highest BCUT2D eigenvalue weighted by molar-refractivity contribution is 7.92. The maximum absolute atomic E-state index is 12.9. The Hall–Kier alpha value is -2.26. The van der Waals surface area contributed by atoms with Crippen LogP contribution < -0.4 is 0 Å². The van der Waals surface area contributed by atoms with Gasteiger partial charge in [0.25, 0.3) is 0 Å². The minimum absolute atomic E-state index is 0.00504. The molecule has 2 heterocycles.